The molecule has 2 fully saturated rings. The summed E-state index contributed by atoms with van der Waals surface area (Å²) in [6.45, 7) is 4.63. The first-order valence-electron chi connectivity index (χ1n) is 8.80. The van der Waals surface area contributed by atoms with Crippen molar-refractivity contribution in [3.05, 3.63) is 29.3 Å². The first-order valence-corrected chi connectivity index (χ1v) is 8.80. The number of rotatable bonds is 2. The Bertz CT molecular complexity index is 828. The van der Waals surface area contributed by atoms with Crippen LogP contribution in [0.1, 0.15) is 40.5 Å². The summed E-state index contributed by atoms with van der Waals surface area (Å²) >= 11 is 0. The summed E-state index contributed by atoms with van der Waals surface area (Å²) in [6.07, 6.45) is 0.283. The van der Waals surface area contributed by atoms with Crippen LogP contribution in [-0.2, 0) is 9.59 Å². The van der Waals surface area contributed by atoms with Gasteiger partial charge in [0.25, 0.3) is 11.8 Å². The monoisotopic (exact) mass is 392 g/mol. The maximum atomic E-state index is 12.9. The Morgan fingerprint density at radius 3 is 2.52 bits per heavy atom. The van der Waals surface area contributed by atoms with Crippen LogP contribution in [0.3, 0.4) is 0 Å². The summed E-state index contributed by atoms with van der Waals surface area (Å²) in [6, 6.07) is 4.59. The van der Waals surface area contributed by atoms with Gasteiger partial charge in [-0.2, -0.15) is 0 Å². The Balaban J connectivity index is 0.00000210. The van der Waals surface area contributed by atoms with E-state index < -0.39 is 23.8 Å². The zero-order valence-corrected chi connectivity index (χ0v) is 15.7. The molecular formula is C18H21ClN4O4. The van der Waals surface area contributed by atoms with E-state index in [1.807, 2.05) is 6.07 Å². The molecule has 0 spiro atoms. The maximum absolute atomic E-state index is 12.9. The molecule has 0 aliphatic carbocycles. The molecule has 1 aromatic carbocycles. The SMILES string of the molecule is C[C@@H]1CNCCN1c1ccc2c(c1)C(=O)N(C1CCC(=O)NC1=O)C2=O.Cl. The highest BCUT2D eigenvalue weighted by atomic mass is 35.5. The van der Waals surface area contributed by atoms with Gasteiger partial charge in [0.2, 0.25) is 11.8 Å². The van der Waals surface area contributed by atoms with Crippen molar-refractivity contribution in [1.29, 1.82) is 0 Å². The van der Waals surface area contributed by atoms with Crippen molar-refractivity contribution in [2.24, 2.45) is 0 Å². The molecule has 1 aromatic rings. The third-order valence-corrected chi connectivity index (χ3v) is 5.26. The van der Waals surface area contributed by atoms with Gasteiger partial charge in [-0.05, 0) is 31.5 Å². The van der Waals surface area contributed by atoms with Crippen LogP contribution in [0.4, 0.5) is 5.69 Å². The molecule has 2 saturated heterocycles. The number of amides is 4. The molecule has 3 aliphatic heterocycles. The molecule has 0 radical (unpaired) electrons. The van der Waals surface area contributed by atoms with E-state index in [0.717, 1.165) is 30.2 Å². The number of benzene rings is 1. The second kappa shape index (κ2) is 7.28. The zero-order valence-electron chi connectivity index (χ0n) is 14.9. The van der Waals surface area contributed by atoms with E-state index in [4.69, 9.17) is 0 Å². The third-order valence-electron chi connectivity index (χ3n) is 5.26. The van der Waals surface area contributed by atoms with Gasteiger partial charge in [0, 0.05) is 37.8 Å². The standard InChI is InChI=1S/C18H20N4O4.ClH/c1-10-9-19-6-7-21(10)11-2-3-12-13(8-11)18(26)22(17(12)25)14-4-5-15(23)20-16(14)24;/h2-3,8,10,14,19H,4-7,9H2,1H3,(H,20,23,24);1H/t10-,14?;/m1./s1. The largest absolute Gasteiger partial charge is 0.366 e. The van der Waals surface area contributed by atoms with Crippen molar-refractivity contribution in [3.8, 4) is 0 Å². The van der Waals surface area contributed by atoms with Crippen LogP contribution in [0.15, 0.2) is 18.2 Å². The summed E-state index contributed by atoms with van der Waals surface area (Å²) < 4.78 is 0. The Morgan fingerprint density at radius 1 is 1.07 bits per heavy atom. The molecule has 2 atom stereocenters. The molecule has 27 heavy (non-hydrogen) atoms. The smallest absolute Gasteiger partial charge is 0.262 e. The molecule has 9 heteroatoms. The minimum absolute atomic E-state index is 0. The molecule has 0 saturated carbocycles. The number of piperidine rings is 1. The average Bonchev–Trinajstić information content (AvgIpc) is 2.86. The maximum Gasteiger partial charge on any atom is 0.262 e. The van der Waals surface area contributed by atoms with E-state index in [2.05, 4.69) is 22.5 Å². The molecule has 0 aromatic heterocycles. The number of nitrogens with one attached hydrogen (secondary N) is 2. The van der Waals surface area contributed by atoms with Crippen molar-refractivity contribution < 1.29 is 19.2 Å². The van der Waals surface area contributed by atoms with Gasteiger partial charge in [0.15, 0.2) is 0 Å². The van der Waals surface area contributed by atoms with Gasteiger partial charge < -0.3 is 10.2 Å². The quantitative estimate of drug-likeness (QED) is 0.703. The first-order chi connectivity index (χ1) is 12.5. The van der Waals surface area contributed by atoms with Crippen LogP contribution in [-0.4, -0.2) is 60.2 Å². The van der Waals surface area contributed by atoms with Gasteiger partial charge in [-0.25, -0.2) is 0 Å². The van der Waals surface area contributed by atoms with Crippen LogP contribution < -0.4 is 15.5 Å². The summed E-state index contributed by atoms with van der Waals surface area (Å²) in [7, 11) is 0. The predicted molar refractivity (Wildman–Crippen MR) is 100 cm³/mol. The summed E-state index contributed by atoms with van der Waals surface area (Å²) in [5.74, 6) is -1.91. The minimum atomic E-state index is -0.929. The highest BCUT2D eigenvalue weighted by molar-refractivity contribution is 6.23. The topological polar surface area (TPSA) is 98.8 Å². The average molecular weight is 393 g/mol. The lowest BCUT2D eigenvalue weighted by atomic mass is 10.0. The molecule has 0 bridgehead atoms. The van der Waals surface area contributed by atoms with Crippen LogP contribution in [0.5, 0.6) is 0 Å². The lowest BCUT2D eigenvalue weighted by molar-refractivity contribution is -0.136. The fourth-order valence-electron chi connectivity index (χ4n) is 3.86. The van der Waals surface area contributed by atoms with Crippen LogP contribution in [0.2, 0.25) is 0 Å². The minimum Gasteiger partial charge on any atom is -0.366 e. The van der Waals surface area contributed by atoms with Crippen LogP contribution in [0.25, 0.3) is 0 Å². The van der Waals surface area contributed by atoms with E-state index in [1.54, 1.807) is 12.1 Å². The highest BCUT2D eigenvalue weighted by Crippen LogP contribution is 2.31. The molecule has 3 aliphatic rings. The van der Waals surface area contributed by atoms with Gasteiger partial charge in [-0.1, -0.05) is 0 Å². The van der Waals surface area contributed by atoms with Crippen molar-refractivity contribution >= 4 is 41.7 Å². The van der Waals surface area contributed by atoms with Gasteiger partial charge >= 0.3 is 0 Å². The summed E-state index contributed by atoms with van der Waals surface area (Å²) in [5, 5.41) is 5.52. The van der Waals surface area contributed by atoms with Gasteiger partial charge in [0.1, 0.15) is 6.04 Å². The molecular weight excluding hydrogens is 372 g/mol. The fraction of sp³-hybridized carbons (Fsp3) is 0.444. The number of carbonyl (C=O) groups is 4. The normalized spacial score (nSPS) is 25.2. The van der Waals surface area contributed by atoms with Crippen LogP contribution >= 0.6 is 12.4 Å². The summed E-state index contributed by atoms with van der Waals surface area (Å²) in [5.41, 5.74) is 1.53. The first kappa shape index (κ1) is 19.3. The molecule has 4 rings (SSSR count). The van der Waals surface area contributed by atoms with E-state index in [9.17, 15) is 19.2 Å². The van der Waals surface area contributed by atoms with Crippen LogP contribution in [0, 0.1) is 0 Å². The van der Waals surface area contributed by atoms with E-state index in [1.165, 1.54) is 0 Å². The lowest BCUT2D eigenvalue weighted by Crippen LogP contribution is -2.54. The molecule has 144 valence electrons. The number of hydrogen-bond donors (Lipinski definition) is 2. The number of imide groups is 2. The number of piperazine rings is 1. The van der Waals surface area contributed by atoms with E-state index in [0.29, 0.717) is 11.1 Å². The fourth-order valence-corrected chi connectivity index (χ4v) is 3.86. The Hall–Kier alpha value is -2.45. The third kappa shape index (κ3) is 3.19. The number of nitrogens with zero attached hydrogens (tertiary/aromatic N) is 2. The number of fused-ring (bicyclic) bond motifs is 1. The number of halogens is 1. The van der Waals surface area contributed by atoms with Crippen molar-refractivity contribution in [2.75, 3.05) is 24.5 Å². The number of carbonyl (C=O) groups excluding carboxylic acids is 4. The predicted octanol–water partition coefficient (Wildman–Crippen LogP) is 0.308. The summed E-state index contributed by atoms with van der Waals surface area (Å²) in [4.78, 5) is 52.2. The molecule has 4 amide bonds. The van der Waals surface area contributed by atoms with Crippen molar-refractivity contribution in [2.45, 2.75) is 31.8 Å². The number of hydrogen-bond acceptors (Lipinski definition) is 6. The van der Waals surface area contributed by atoms with Gasteiger partial charge in [-0.15, -0.1) is 12.4 Å². The molecule has 2 N–H and O–H groups in total. The molecule has 3 heterocycles. The highest BCUT2D eigenvalue weighted by Gasteiger charge is 2.44. The molecule has 1 unspecified atom stereocenters. The Kier molecular flexibility index (Phi) is 5.21. The van der Waals surface area contributed by atoms with E-state index >= 15 is 0 Å². The Labute approximate surface area is 162 Å². The van der Waals surface area contributed by atoms with Crippen molar-refractivity contribution in [3.63, 3.8) is 0 Å². The lowest BCUT2D eigenvalue weighted by Gasteiger charge is -2.36. The second-order valence-corrected chi connectivity index (χ2v) is 6.92. The van der Waals surface area contributed by atoms with Gasteiger partial charge in [0.05, 0.1) is 11.1 Å². The van der Waals surface area contributed by atoms with Crippen molar-refractivity contribution in [1.82, 2.24) is 15.5 Å². The van der Waals surface area contributed by atoms with Gasteiger partial charge in [-0.3, -0.25) is 29.4 Å². The second-order valence-electron chi connectivity index (χ2n) is 6.92. The molecule has 8 nitrogen and oxygen atoms in total. The number of anilines is 1. The van der Waals surface area contributed by atoms with E-state index in [-0.39, 0.29) is 37.2 Å². The Morgan fingerprint density at radius 2 is 1.81 bits per heavy atom. The zero-order chi connectivity index (χ0) is 18.4.